The van der Waals surface area contributed by atoms with Crippen LogP contribution in [0, 0.1) is 0 Å². The van der Waals surface area contributed by atoms with Crippen LogP contribution in [-0.4, -0.2) is 16.6 Å². The first-order valence-corrected chi connectivity index (χ1v) is 9.03. The van der Waals surface area contributed by atoms with Crippen molar-refractivity contribution in [1.82, 2.24) is 9.97 Å². The third kappa shape index (κ3) is 3.84. The number of fused-ring (bicyclic) bond motifs is 1. The molecule has 3 aromatic carbocycles. The van der Waals surface area contributed by atoms with Crippen LogP contribution < -0.4 is 0 Å². The molecule has 1 aromatic heterocycles. The molecule has 4 aromatic rings. The van der Waals surface area contributed by atoms with E-state index in [1.54, 1.807) is 6.33 Å². The molecule has 1 unspecified atom stereocenters. The summed E-state index contributed by atoms with van der Waals surface area (Å²) in [5.41, 5.74) is 3.52. The molecule has 3 nitrogen and oxygen atoms in total. The van der Waals surface area contributed by atoms with Gasteiger partial charge in [0.2, 0.25) is 0 Å². The number of rotatable bonds is 7. The molecule has 1 N–H and O–H groups in total. The van der Waals surface area contributed by atoms with Gasteiger partial charge in [-0.3, -0.25) is 0 Å². The van der Waals surface area contributed by atoms with Crippen LogP contribution in [-0.2, 0) is 11.2 Å². The Bertz CT molecular complexity index is 948. The molecule has 0 radical (unpaired) electrons. The molecule has 0 aliphatic carbocycles. The van der Waals surface area contributed by atoms with Crippen LogP contribution in [0.5, 0.6) is 0 Å². The highest BCUT2D eigenvalue weighted by atomic mass is 16.5. The Morgan fingerprint density at radius 3 is 2.46 bits per heavy atom. The summed E-state index contributed by atoms with van der Waals surface area (Å²) in [4.78, 5) is 7.21. The fraction of sp³-hybridized carbons (Fsp3) is 0.174. The predicted molar refractivity (Wildman–Crippen MR) is 105 cm³/mol. The normalized spacial score (nSPS) is 12.3. The molecular weight excluding hydrogens is 320 g/mol. The third-order valence-electron chi connectivity index (χ3n) is 4.61. The van der Waals surface area contributed by atoms with Gasteiger partial charge in [0.25, 0.3) is 0 Å². The topological polar surface area (TPSA) is 37.9 Å². The second-order valence-corrected chi connectivity index (χ2v) is 6.45. The van der Waals surface area contributed by atoms with Crippen molar-refractivity contribution in [3.05, 3.63) is 102 Å². The van der Waals surface area contributed by atoms with Crippen molar-refractivity contribution in [3.63, 3.8) is 0 Å². The number of hydrogen-bond donors (Lipinski definition) is 1. The molecule has 1 atom stereocenters. The van der Waals surface area contributed by atoms with Crippen LogP contribution in [0.3, 0.4) is 0 Å². The fourth-order valence-corrected chi connectivity index (χ4v) is 3.27. The first-order valence-electron chi connectivity index (χ1n) is 9.03. The summed E-state index contributed by atoms with van der Waals surface area (Å²) < 4.78 is 6.33. The van der Waals surface area contributed by atoms with Crippen molar-refractivity contribution in [1.29, 1.82) is 0 Å². The predicted octanol–water partition coefficient (Wildman–Crippen LogP) is 5.30. The van der Waals surface area contributed by atoms with E-state index in [1.165, 1.54) is 21.9 Å². The van der Waals surface area contributed by atoms with Crippen LogP contribution in [0.4, 0.5) is 0 Å². The van der Waals surface area contributed by atoms with Gasteiger partial charge in [0.05, 0.1) is 6.33 Å². The lowest BCUT2D eigenvalue weighted by Crippen LogP contribution is -2.08. The van der Waals surface area contributed by atoms with E-state index in [-0.39, 0.29) is 6.10 Å². The molecule has 26 heavy (non-hydrogen) atoms. The maximum atomic E-state index is 6.33. The van der Waals surface area contributed by atoms with Gasteiger partial charge in [-0.05, 0) is 40.8 Å². The summed E-state index contributed by atoms with van der Waals surface area (Å²) in [6.07, 6.45) is 5.44. The minimum absolute atomic E-state index is 0.0532. The average Bonchev–Trinajstić information content (AvgIpc) is 3.22. The van der Waals surface area contributed by atoms with Gasteiger partial charge in [0.15, 0.2) is 0 Å². The van der Waals surface area contributed by atoms with Gasteiger partial charge in [-0.15, -0.1) is 0 Å². The van der Waals surface area contributed by atoms with Crippen LogP contribution in [0.25, 0.3) is 10.8 Å². The SMILES string of the molecule is c1ccc(C(OCCCc2cnc[nH]2)c2ccc3ccccc3c2)cc1. The lowest BCUT2D eigenvalue weighted by atomic mass is 9.98. The molecule has 3 heteroatoms. The van der Waals surface area contributed by atoms with Gasteiger partial charge >= 0.3 is 0 Å². The summed E-state index contributed by atoms with van der Waals surface area (Å²) in [5, 5.41) is 2.49. The number of hydrogen-bond acceptors (Lipinski definition) is 2. The summed E-state index contributed by atoms with van der Waals surface area (Å²) in [6, 6.07) is 25.5. The minimum atomic E-state index is -0.0532. The maximum Gasteiger partial charge on any atom is 0.108 e. The smallest absolute Gasteiger partial charge is 0.108 e. The quantitative estimate of drug-likeness (QED) is 0.463. The molecule has 0 aliphatic rings. The molecule has 0 spiro atoms. The molecular formula is C23H22N2O. The van der Waals surface area contributed by atoms with Crippen molar-refractivity contribution >= 4 is 10.8 Å². The highest BCUT2D eigenvalue weighted by molar-refractivity contribution is 5.83. The molecule has 0 bridgehead atoms. The van der Waals surface area contributed by atoms with Gasteiger partial charge in [0.1, 0.15) is 6.10 Å². The highest BCUT2D eigenvalue weighted by Crippen LogP contribution is 2.29. The molecule has 0 saturated heterocycles. The summed E-state index contributed by atoms with van der Waals surface area (Å²) in [6.45, 7) is 0.700. The number of ether oxygens (including phenoxy) is 1. The van der Waals surface area contributed by atoms with E-state index in [9.17, 15) is 0 Å². The highest BCUT2D eigenvalue weighted by Gasteiger charge is 2.15. The van der Waals surface area contributed by atoms with Gasteiger partial charge < -0.3 is 9.72 Å². The first kappa shape index (κ1) is 16.6. The van der Waals surface area contributed by atoms with Crippen molar-refractivity contribution < 1.29 is 4.74 Å². The number of aromatic amines is 1. The minimum Gasteiger partial charge on any atom is -0.369 e. The lowest BCUT2D eigenvalue weighted by Gasteiger charge is -2.19. The Balaban J connectivity index is 1.53. The van der Waals surface area contributed by atoms with E-state index >= 15 is 0 Å². The Kier molecular flexibility index (Phi) is 5.08. The second kappa shape index (κ2) is 7.98. The van der Waals surface area contributed by atoms with Gasteiger partial charge in [-0.25, -0.2) is 4.98 Å². The van der Waals surface area contributed by atoms with Crippen molar-refractivity contribution in [3.8, 4) is 0 Å². The number of benzene rings is 3. The Morgan fingerprint density at radius 1 is 0.846 bits per heavy atom. The standard InChI is InChI=1S/C23H22N2O/c1-2-8-19(9-3-1)23(26-14-6-11-22-16-24-17-25-22)21-13-12-18-7-4-5-10-20(18)15-21/h1-5,7-10,12-13,15-17,23H,6,11,14H2,(H,24,25). The van der Waals surface area contributed by atoms with E-state index in [1.807, 2.05) is 12.3 Å². The van der Waals surface area contributed by atoms with E-state index in [0.717, 1.165) is 18.5 Å². The zero-order valence-corrected chi connectivity index (χ0v) is 14.6. The van der Waals surface area contributed by atoms with Gasteiger partial charge in [0, 0.05) is 18.5 Å². The molecule has 130 valence electrons. The number of aryl methyl sites for hydroxylation is 1. The molecule has 0 aliphatic heterocycles. The van der Waals surface area contributed by atoms with Crippen molar-refractivity contribution in [2.45, 2.75) is 18.9 Å². The molecule has 1 heterocycles. The van der Waals surface area contributed by atoms with Crippen LogP contribution in [0.15, 0.2) is 85.3 Å². The van der Waals surface area contributed by atoms with Crippen LogP contribution in [0.2, 0.25) is 0 Å². The van der Waals surface area contributed by atoms with Gasteiger partial charge in [-0.1, -0.05) is 66.7 Å². The van der Waals surface area contributed by atoms with E-state index in [0.29, 0.717) is 6.61 Å². The number of imidazole rings is 1. The van der Waals surface area contributed by atoms with E-state index in [4.69, 9.17) is 4.74 Å². The summed E-state index contributed by atoms with van der Waals surface area (Å²) in [5.74, 6) is 0. The maximum absolute atomic E-state index is 6.33. The molecule has 0 amide bonds. The zero-order valence-electron chi connectivity index (χ0n) is 14.6. The number of nitrogens with zero attached hydrogens (tertiary/aromatic N) is 1. The van der Waals surface area contributed by atoms with Crippen molar-refractivity contribution in [2.75, 3.05) is 6.61 Å². The second-order valence-electron chi connectivity index (χ2n) is 6.45. The first-order chi connectivity index (χ1) is 12.9. The largest absolute Gasteiger partial charge is 0.369 e. The van der Waals surface area contributed by atoms with Crippen LogP contribution >= 0.6 is 0 Å². The average molecular weight is 342 g/mol. The lowest BCUT2D eigenvalue weighted by molar-refractivity contribution is 0.0783. The van der Waals surface area contributed by atoms with E-state index < -0.39 is 0 Å². The summed E-state index contributed by atoms with van der Waals surface area (Å²) >= 11 is 0. The Morgan fingerprint density at radius 2 is 1.65 bits per heavy atom. The molecule has 0 fully saturated rings. The molecule has 4 rings (SSSR count). The third-order valence-corrected chi connectivity index (χ3v) is 4.61. The van der Waals surface area contributed by atoms with Crippen molar-refractivity contribution in [2.24, 2.45) is 0 Å². The van der Waals surface area contributed by atoms with E-state index in [2.05, 4.69) is 76.7 Å². The Labute approximate surface area is 153 Å². The van der Waals surface area contributed by atoms with Gasteiger partial charge in [-0.2, -0.15) is 0 Å². The Hall–Kier alpha value is -2.91. The van der Waals surface area contributed by atoms with Crippen LogP contribution in [0.1, 0.15) is 29.3 Å². The molecule has 0 saturated carbocycles. The number of nitrogens with one attached hydrogen (secondary N) is 1. The fourth-order valence-electron chi connectivity index (χ4n) is 3.27. The zero-order chi connectivity index (χ0) is 17.6. The number of H-pyrrole nitrogens is 1. The number of aromatic nitrogens is 2. The summed E-state index contributed by atoms with van der Waals surface area (Å²) in [7, 11) is 0. The monoisotopic (exact) mass is 342 g/mol.